The Hall–Kier alpha value is -2.47. The molecule has 0 aliphatic heterocycles. The van der Waals surface area contributed by atoms with Crippen LogP contribution in [0.15, 0.2) is 58.6 Å². The molecule has 0 radical (unpaired) electrons. The molecular weight excluding hydrogens is 274 g/mol. The molecule has 0 bridgehead atoms. The number of para-hydroxylation sites is 1. The van der Waals surface area contributed by atoms with E-state index >= 15 is 0 Å². The summed E-state index contributed by atoms with van der Waals surface area (Å²) in [5.41, 5.74) is 1.74. The summed E-state index contributed by atoms with van der Waals surface area (Å²) in [6.45, 7) is 0. The van der Waals surface area contributed by atoms with Crippen LogP contribution in [0.3, 0.4) is 0 Å². The van der Waals surface area contributed by atoms with Crippen LogP contribution in [0.25, 0.3) is 11.0 Å². The van der Waals surface area contributed by atoms with Gasteiger partial charge in [-0.25, -0.2) is 9.78 Å². The number of hydrogen-bond acceptors (Lipinski definition) is 5. The molecule has 0 aliphatic carbocycles. The highest BCUT2D eigenvalue weighted by Crippen LogP contribution is 2.25. The van der Waals surface area contributed by atoms with Crippen LogP contribution in [0.2, 0.25) is 0 Å². The van der Waals surface area contributed by atoms with Crippen molar-refractivity contribution < 1.29 is 9.90 Å². The molecule has 0 saturated carbocycles. The van der Waals surface area contributed by atoms with Crippen molar-refractivity contribution in [2.75, 3.05) is 0 Å². The minimum Gasteiger partial charge on any atom is -0.478 e. The average Bonchev–Trinajstić information content (AvgIpc) is 2.47. The molecule has 1 heterocycles. The summed E-state index contributed by atoms with van der Waals surface area (Å²) >= 11 is 1.29. The number of rotatable bonds is 3. The topological polar surface area (TPSA) is 76.0 Å². The molecule has 0 aliphatic rings. The van der Waals surface area contributed by atoms with Gasteiger partial charge in [-0.1, -0.05) is 18.2 Å². The summed E-state index contributed by atoms with van der Waals surface area (Å²) in [5, 5.41) is 17.6. The Bertz CT molecular complexity index is 792. The van der Waals surface area contributed by atoms with Gasteiger partial charge in [0.2, 0.25) is 5.16 Å². The van der Waals surface area contributed by atoms with E-state index in [1.807, 2.05) is 30.3 Å². The van der Waals surface area contributed by atoms with Crippen LogP contribution in [0.1, 0.15) is 10.4 Å². The fourth-order valence-corrected chi connectivity index (χ4v) is 2.48. The molecule has 0 amide bonds. The second-order valence-electron chi connectivity index (χ2n) is 4.02. The molecule has 0 fully saturated rings. The summed E-state index contributed by atoms with van der Waals surface area (Å²) in [5.74, 6) is -0.954. The number of benzene rings is 2. The Kier molecular flexibility index (Phi) is 3.30. The lowest BCUT2D eigenvalue weighted by atomic mass is 10.2. The fourth-order valence-electron chi connectivity index (χ4n) is 1.71. The average molecular weight is 283 g/mol. The zero-order valence-electron chi connectivity index (χ0n) is 10.2. The smallest absolute Gasteiger partial charge is 0.335 e. The molecule has 1 N–H and O–H groups in total. The predicted molar refractivity (Wildman–Crippen MR) is 74.9 cm³/mol. The Balaban J connectivity index is 1.92. The fraction of sp³-hybridized carbons (Fsp3) is 0. The third-order valence-electron chi connectivity index (χ3n) is 2.63. The third-order valence-corrected chi connectivity index (χ3v) is 3.48. The summed E-state index contributed by atoms with van der Waals surface area (Å²) in [6.07, 6.45) is 0. The number of carbonyl (C=O) groups is 1. The first kappa shape index (κ1) is 12.6. The zero-order valence-corrected chi connectivity index (χ0v) is 11.0. The van der Waals surface area contributed by atoms with E-state index in [0.717, 1.165) is 15.9 Å². The van der Waals surface area contributed by atoms with E-state index in [-0.39, 0.29) is 5.56 Å². The molecule has 3 aromatic rings. The van der Waals surface area contributed by atoms with Gasteiger partial charge in [0.25, 0.3) is 0 Å². The number of carboxylic acid groups (broad SMARTS) is 1. The van der Waals surface area contributed by atoms with Gasteiger partial charge in [0.05, 0.1) is 11.1 Å². The van der Waals surface area contributed by atoms with Crippen LogP contribution < -0.4 is 0 Å². The third kappa shape index (κ3) is 2.60. The quantitative estimate of drug-likeness (QED) is 0.796. The van der Waals surface area contributed by atoms with Crippen LogP contribution in [0, 0.1) is 0 Å². The summed E-state index contributed by atoms with van der Waals surface area (Å²) in [7, 11) is 0. The second-order valence-corrected chi connectivity index (χ2v) is 5.06. The number of nitrogens with zero attached hydrogens (tertiary/aromatic N) is 3. The molecule has 0 atom stereocenters. The molecule has 3 rings (SSSR count). The van der Waals surface area contributed by atoms with E-state index < -0.39 is 5.97 Å². The van der Waals surface area contributed by atoms with E-state index in [4.69, 9.17) is 5.11 Å². The standard InChI is InChI=1S/C14H9N3O2S/c18-13(19)9-4-3-5-10(8-9)20-14-15-11-6-1-2-7-12(11)16-17-14/h1-8H,(H,18,19). The van der Waals surface area contributed by atoms with Crippen molar-refractivity contribution >= 4 is 28.8 Å². The molecule has 0 saturated heterocycles. The van der Waals surface area contributed by atoms with Crippen molar-refractivity contribution in [1.82, 2.24) is 15.2 Å². The Morgan fingerprint density at radius 3 is 2.60 bits per heavy atom. The Labute approximate surface area is 118 Å². The van der Waals surface area contributed by atoms with Gasteiger partial charge in [0.15, 0.2) is 0 Å². The maximum Gasteiger partial charge on any atom is 0.335 e. The minimum atomic E-state index is -0.954. The van der Waals surface area contributed by atoms with E-state index in [1.165, 1.54) is 11.8 Å². The van der Waals surface area contributed by atoms with E-state index in [2.05, 4.69) is 15.2 Å². The molecule has 0 spiro atoms. The number of hydrogen-bond donors (Lipinski definition) is 1. The van der Waals surface area contributed by atoms with E-state index in [0.29, 0.717) is 5.16 Å². The van der Waals surface area contributed by atoms with Crippen LogP contribution in [-0.4, -0.2) is 26.3 Å². The number of aromatic carboxylic acids is 1. The van der Waals surface area contributed by atoms with Crippen molar-refractivity contribution in [2.45, 2.75) is 10.1 Å². The maximum atomic E-state index is 10.9. The largest absolute Gasteiger partial charge is 0.478 e. The number of carboxylic acids is 1. The lowest BCUT2D eigenvalue weighted by molar-refractivity contribution is 0.0696. The molecule has 1 aromatic heterocycles. The highest BCUT2D eigenvalue weighted by atomic mass is 32.2. The lowest BCUT2D eigenvalue weighted by Gasteiger charge is -2.02. The molecule has 98 valence electrons. The van der Waals surface area contributed by atoms with Crippen molar-refractivity contribution in [3.05, 3.63) is 54.1 Å². The predicted octanol–water partition coefficient (Wildman–Crippen LogP) is 2.87. The van der Waals surface area contributed by atoms with Crippen LogP contribution in [0.5, 0.6) is 0 Å². The van der Waals surface area contributed by atoms with Gasteiger partial charge in [-0.2, -0.15) is 0 Å². The first-order valence-corrected chi connectivity index (χ1v) is 6.65. The highest BCUT2D eigenvalue weighted by Gasteiger charge is 2.07. The SMILES string of the molecule is O=C(O)c1cccc(Sc2nnc3ccccc3n2)c1. The summed E-state index contributed by atoms with van der Waals surface area (Å²) in [6, 6.07) is 14.1. The minimum absolute atomic E-state index is 0.240. The molecule has 2 aromatic carbocycles. The summed E-state index contributed by atoms with van der Waals surface area (Å²) in [4.78, 5) is 16.1. The van der Waals surface area contributed by atoms with Crippen molar-refractivity contribution in [2.24, 2.45) is 0 Å². The van der Waals surface area contributed by atoms with Crippen molar-refractivity contribution in [3.63, 3.8) is 0 Å². The number of fused-ring (bicyclic) bond motifs is 1. The Morgan fingerprint density at radius 1 is 1.00 bits per heavy atom. The van der Waals surface area contributed by atoms with Gasteiger partial charge in [0.1, 0.15) is 5.52 Å². The van der Waals surface area contributed by atoms with Gasteiger partial charge < -0.3 is 5.11 Å². The molecular formula is C14H9N3O2S. The Morgan fingerprint density at radius 2 is 1.80 bits per heavy atom. The van der Waals surface area contributed by atoms with Gasteiger partial charge >= 0.3 is 5.97 Å². The van der Waals surface area contributed by atoms with E-state index in [1.54, 1.807) is 18.2 Å². The van der Waals surface area contributed by atoms with Crippen LogP contribution in [0.4, 0.5) is 0 Å². The normalized spacial score (nSPS) is 10.6. The first-order chi connectivity index (χ1) is 9.72. The molecule has 5 nitrogen and oxygen atoms in total. The van der Waals surface area contributed by atoms with Gasteiger partial charge in [-0.15, -0.1) is 10.2 Å². The molecule has 20 heavy (non-hydrogen) atoms. The molecule has 6 heteroatoms. The highest BCUT2D eigenvalue weighted by molar-refractivity contribution is 7.99. The van der Waals surface area contributed by atoms with Crippen LogP contribution >= 0.6 is 11.8 Å². The van der Waals surface area contributed by atoms with Gasteiger partial charge in [0, 0.05) is 4.90 Å². The first-order valence-electron chi connectivity index (χ1n) is 5.83. The van der Waals surface area contributed by atoms with E-state index in [9.17, 15) is 4.79 Å². The van der Waals surface area contributed by atoms with Crippen LogP contribution in [-0.2, 0) is 0 Å². The van der Waals surface area contributed by atoms with Gasteiger partial charge in [-0.3, -0.25) is 0 Å². The zero-order chi connectivity index (χ0) is 13.9. The van der Waals surface area contributed by atoms with Gasteiger partial charge in [-0.05, 0) is 42.1 Å². The monoisotopic (exact) mass is 283 g/mol. The second kappa shape index (κ2) is 5.26. The number of aromatic nitrogens is 3. The maximum absolute atomic E-state index is 10.9. The molecule has 0 unspecified atom stereocenters. The van der Waals surface area contributed by atoms with Crippen molar-refractivity contribution in [3.8, 4) is 0 Å². The lowest BCUT2D eigenvalue weighted by Crippen LogP contribution is -1.96. The summed E-state index contributed by atoms with van der Waals surface area (Å²) < 4.78 is 0. The van der Waals surface area contributed by atoms with Crippen molar-refractivity contribution in [1.29, 1.82) is 0 Å².